The molecule has 0 saturated carbocycles. The van der Waals surface area contributed by atoms with Gasteiger partial charge >= 0.3 is 6.03 Å². The van der Waals surface area contributed by atoms with E-state index in [4.69, 9.17) is 4.74 Å². The first-order chi connectivity index (χ1) is 6.75. The summed E-state index contributed by atoms with van der Waals surface area (Å²) in [6.07, 6.45) is 1.23. The second-order valence-corrected chi connectivity index (χ2v) is 3.90. The van der Waals surface area contributed by atoms with E-state index in [1.807, 2.05) is 0 Å². The van der Waals surface area contributed by atoms with Crippen molar-refractivity contribution in [3.8, 4) is 0 Å². The van der Waals surface area contributed by atoms with E-state index in [0.29, 0.717) is 26.1 Å². The number of hydrogen-bond donors (Lipinski definition) is 2. The molecule has 1 unspecified atom stereocenters. The van der Waals surface area contributed by atoms with E-state index in [1.165, 1.54) is 0 Å². The molecule has 2 N–H and O–H groups in total. The standard InChI is InChI=1S/C9H16N2O3/c12-8-1-3-11(5-8)9(13)10-7-2-4-14-6-7/h7-8,12H,1-6H2,(H,10,13)/t7?,8-/m0/s1. The van der Waals surface area contributed by atoms with E-state index in [0.717, 1.165) is 13.0 Å². The molecule has 2 rings (SSSR count). The molecule has 0 bridgehead atoms. The number of amides is 2. The minimum absolute atomic E-state index is 0.0722. The van der Waals surface area contributed by atoms with Gasteiger partial charge in [0.1, 0.15) is 0 Å². The van der Waals surface area contributed by atoms with Crippen molar-refractivity contribution < 1.29 is 14.6 Å². The van der Waals surface area contributed by atoms with Crippen molar-refractivity contribution in [1.29, 1.82) is 0 Å². The zero-order valence-electron chi connectivity index (χ0n) is 8.11. The van der Waals surface area contributed by atoms with Crippen LogP contribution in [0.1, 0.15) is 12.8 Å². The van der Waals surface area contributed by atoms with Gasteiger partial charge in [0.05, 0.1) is 18.8 Å². The molecule has 2 heterocycles. The molecule has 80 valence electrons. The minimum Gasteiger partial charge on any atom is -0.391 e. The molecular formula is C9H16N2O3. The van der Waals surface area contributed by atoms with Crippen LogP contribution in [-0.4, -0.2) is 54.5 Å². The number of ether oxygens (including phenoxy) is 1. The molecule has 2 amide bonds. The predicted octanol–water partition coefficient (Wildman–Crippen LogP) is -0.449. The van der Waals surface area contributed by atoms with Crippen molar-refractivity contribution in [2.24, 2.45) is 0 Å². The fraction of sp³-hybridized carbons (Fsp3) is 0.889. The van der Waals surface area contributed by atoms with Crippen molar-refractivity contribution in [2.75, 3.05) is 26.3 Å². The number of carbonyl (C=O) groups excluding carboxylic acids is 1. The second kappa shape index (κ2) is 4.14. The largest absolute Gasteiger partial charge is 0.391 e. The van der Waals surface area contributed by atoms with E-state index in [9.17, 15) is 9.90 Å². The maximum atomic E-state index is 11.6. The van der Waals surface area contributed by atoms with Crippen molar-refractivity contribution in [1.82, 2.24) is 10.2 Å². The van der Waals surface area contributed by atoms with Crippen molar-refractivity contribution in [3.63, 3.8) is 0 Å². The van der Waals surface area contributed by atoms with Crippen LogP contribution < -0.4 is 5.32 Å². The minimum atomic E-state index is -0.347. The molecule has 2 aliphatic rings. The predicted molar refractivity (Wildman–Crippen MR) is 50.0 cm³/mol. The van der Waals surface area contributed by atoms with E-state index < -0.39 is 0 Å². The maximum Gasteiger partial charge on any atom is 0.317 e. The van der Waals surface area contributed by atoms with Crippen LogP contribution >= 0.6 is 0 Å². The van der Waals surface area contributed by atoms with Gasteiger partial charge in [-0.2, -0.15) is 0 Å². The molecular weight excluding hydrogens is 184 g/mol. The van der Waals surface area contributed by atoms with Gasteiger partial charge in [-0.15, -0.1) is 0 Å². The van der Waals surface area contributed by atoms with Gasteiger partial charge in [-0.3, -0.25) is 0 Å². The molecule has 5 heteroatoms. The normalized spacial score (nSPS) is 32.2. The van der Waals surface area contributed by atoms with Crippen LogP contribution in [0.4, 0.5) is 4.79 Å². The maximum absolute atomic E-state index is 11.6. The molecule has 0 aliphatic carbocycles. The van der Waals surface area contributed by atoms with Crippen molar-refractivity contribution >= 4 is 6.03 Å². The van der Waals surface area contributed by atoms with Gasteiger partial charge in [0, 0.05) is 19.7 Å². The van der Waals surface area contributed by atoms with Crippen LogP contribution in [0, 0.1) is 0 Å². The number of urea groups is 1. The Morgan fingerprint density at radius 1 is 1.50 bits per heavy atom. The Bertz CT molecular complexity index is 216. The van der Waals surface area contributed by atoms with Gasteiger partial charge in [0.15, 0.2) is 0 Å². The number of aliphatic hydroxyl groups excluding tert-OH is 1. The average molecular weight is 200 g/mol. The number of nitrogens with one attached hydrogen (secondary N) is 1. The molecule has 0 aromatic rings. The number of carbonyl (C=O) groups is 1. The quantitative estimate of drug-likeness (QED) is 0.602. The summed E-state index contributed by atoms with van der Waals surface area (Å²) in [6.45, 7) is 2.45. The third kappa shape index (κ3) is 2.16. The molecule has 14 heavy (non-hydrogen) atoms. The van der Waals surface area contributed by atoms with E-state index >= 15 is 0 Å². The summed E-state index contributed by atoms with van der Waals surface area (Å²) in [5, 5.41) is 12.2. The number of rotatable bonds is 1. The summed E-state index contributed by atoms with van der Waals surface area (Å²) in [7, 11) is 0. The van der Waals surface area contributed by atoms with E-state index in [2.05, 4.69) is 5.32 Å². The fourth-order valence-corrected chi connectivity index (χ4v) is 1.84. The van der Waals surface area contributed by atoms with Crippen LogP contribution in [0.15, 0.2) is 0 Å². The summed E-state index contributed by atoms with van der Waals surface area (Å²) in [5.74, 6) is 0. The van der Waals surface area contributed by atoms with Gasteiger partial charge in [0.2, 0.25) is 0 Å². The van der Waals surface area contributed by atoms with E-state index in [1.54, 1.807) is 4.90 Å². The third-order valence-electron chi connectivity index (χ3n) is 2.71. The topological polar surface area (TPSA) is 61.8 Å². The zero-order valence-corrected chi connectivity index (χ0v) is 8.11. The Morgan fingerprint density at radius 3 is 2.93 bits per heavy atom. The summed E-state index contributed by atoms with van der Waals surface area (Å²) >= 11 is 0. The second-order valence-electron chi connectivity index (χ2n) is 3.90. The summed E-state index contributed by atoms with van der Waals surface area (Å²) in [5.41, 5.74) is 0. The first kappa shape index (κ1) is 9.73. The molecule has 0 spiro atoms. The highest BCUT2D eigenvalue weighted by Crippen LogP contribution is 2.10. The van der Waals surface area contributed by atoms with Crippen LogP contribution in [-0.2, 0) is 4.74 Å². The highest BCUT2D eigenvalue weighted by molar-refractivity contribution is 5.74. The van der Waals surface area contributed by atoms with Crippen molar-refractivity contribution in [2.45, 2.75) is 25.0 Å². The highest BCUT2D eigenvalue weighted by atomic mass is 16.5. The number of likely N-dealkylation sites (tertiary alicyclic amines) is 1. The first-order valence-electron chi connectivity index (χ1n) is 5.07. The van der Waals surface area contributed by atoms with Gasteiger partial charge in [-0.25, -0.2) is 4.79 Å². The van der Waals surface area contributed by atoms with Gasteiger partial charge in [-0.05, 0) is 12.8 Å². The van der Waals surface area contributed by atoms with Gasteiger partial charge < -0.3 is 20.1 Å². The Labute approximate surface area is 83.0 Å². The SMILES string of the molecule is O=C(NC1CCOC1)N1CC[C@H](O)C1. The van der Waals surface area contributed by atoms with E-state index in [-0.39, 0.29) is 18.2 Å². The van der Waals surface area contributed by atoms with Crippen molar-refractivity contribution in [3.05, 3.63) is 0 Å². The number of aliphatic hydroxyl groups is 1. The fourth-order valence-electron chi connectivity index (χ4n) is 1.84. The Kier molecular flexibility index (Phi) is 2.88. The molecule has 2 aliphatic heterocycles. The molecule has 2 saturated heterocycles. The van der Waals surface area contributed by atoms with Gasteiger partial charge in [0.25, 0.3) is 0 Å². The summed E-state index contributed by atoms with van der Waals surface area (Å²) < 4.78 is 5.16. The molecule has 2 atom stereocenters. The summed E-state index contributed by atoms with van der Waals surface area (Å²) in [6, 6.07) is 0.0808. The van der Waals surface area contributed by atoms with Crippen LogP contribution in [0.2, 0.25) is 0 Å². The molecule has 2 fully saturated rings. The monoisotopic (exact) mass is 200 g/mol. The lowest BCUT2D eigenvalue weighted by molar-refractivity contribution is 0.166. The Balaban J connectivity index is 1.77. The number of nitrogens with zero attached hydrogens (tertiary/aromatic N) is 1. The third-order valence-corrected chi connectivity index (χ3v) is 2.71. The van der Waals surface area contributed by atoms with Gasteiger partial charge in [-0.1, -0.05) is 0 Å². The lowest BCUT2D eigenvalue weighted by Crippen LogP contribution is -2.44. The molecule has 5 nitrogen and oxygen atoms in total. The number of hydrogen-bond acceptors (Lipinski definition) is 3. The average Bonchev–Trinajstić information content (AvgIpc) is 2.75. The Hall–Kier alpha value is -0.810. The van der Waals surface area contributed by atoms with Crippen LogP contribution in [0.25, 0.3) is 0 Å². The smallest absolute Gasteiger partial charge is 0.317 e. The lowest BCUT2D eigenvalue weighted by Gasteiger charge is -2.19. The highest BCUT2D eigenvalue weighted by Gasteiger charge is 2.26. The first-order valence-corrected chi connectivity index (χ1v) is 5.07. The van der Waals surface area contributed by atoms with Crippen LogP contribution in [0.5, 0.6) is 0 Å². The zero-order chi connectivity index (χ0) is 9.97. The lowest BCUT2D eigenvalue weighted by atomic mass is 10.3. The summed E-state index contributed by atoms with van der Waals surface area (Å²) in [4.78, 5) is 13.3. The van der Waals surface area contributed by atoms with Crippen LogP contribution in [0.3, 0.4) is 0 Å². The molecule has 0 aromatic carbocycles. The molecule has 0 aromatic heterocycles. The molecule has 0 radical (unpaired) electrons. The Morgan fingerprint density at radius 2 is 2.36 bits per heavy atom. The number of β-amino-alcohol motifs (C(OH)–C–C–N with tert-alkyl or cyclic N) is 1.